The molecule has 0 aromatic heterocycles. The van der Waals surface area contributed by atoms with Gasteiger partial charge in [-0.2, -0.15) is 0 Å². The largest absolute Gasteiger partial charge is 0.0958 e. The van der Waals surface area contributed by atoms with Gasteiger partial charge in [-0.3, -0.25) is 0 Å². The fourth-order valence-corrected chi connectivity index (χ4v) is 2.58. The first-order chi connectivity index (χ1) is 7.33. The van der Waals surface area contributed by atoms with E-state index in [2.05, 4.69) is 25.7 Å². The van der Waals surface area contributed by atoms with Gasteiger partial charge >= 0.3 is 0 Å². The van der Waals surface area contributed by atoms with Gasteiger partial charge in [0.1, 0.15) is 0 Å². The fourth-order valence-electron chi connectivity index (χ4n) is 2.58. The van der Waals surface area contributed by atoms with E-state index in [9.17, 15) is 0 Å². The average molecular weight is 206 g/mol. The predicted molar refractivity (Wildman–Crippen MR) is 69.0 cm³/mol. The van der Waals surface area contributed by atoms with Crippen LogP contribution in [0.3, 0.4) is 0 Å². The molecule has 0 nitrogen and oxygen atoms in total. The molecule has 0 aromatic carbocycles. The third-order valence-corrected chi connectivity index (χ3v) is 3.49. The van der Waals surface area contributed by atoms with Gasteiger partial charge in [0.05, 0.1) is 0 Å². The minimum atomic E-state index is 1.07. The van der Waals surface area contributed by atoms with E-state index in [0.717, 1.165) is 5.92 Å². The Bertz CT molecular complexity index is 194. The molecule has 0 aromatic rings. The van der Waals surface area contributed by atoms with Crippen LogP contribution in [0.2, 0.25) is 0 Å². The topological polar surface area (TPSA) is 0 Å². The van der Waals surface area contributed by atoms with Crippen molar-refractivity contribution in [1.82, 2.24) is 0 Å². The number of hydrogen-bond acceptors (Lipinski definition) is 0. The molecule has 1 saturated carbocycles. The van der Waals surface area contributed by atoms with Gasteiger partial charge in [0, 0.05) is 0 Å². The molecule has 1 aliphatic rings. The Morgan fingerprint density at radius 1 is 1.20 bits per heavy atom. The maximum Gasteiger partial charge on any atom is -0.0285 e. The molecule has 0 bridgehead atoms. The zero-order chi connectivity index (χ0) is 10.9. The van der Waals surface area contributed by atoms with E-state index in [1.165, 1.54) is 63.4 Å². The van der Waals surface area contributed by atoms with Crippen molar-refractivity contribution >= 4 is 0 Å². The van der Waals surface area contributed by atoms with Crippen molar-refractivity contribution in [3.8, 4) is 0 Å². The van der Waals surface area contributed by atoms with Crippen LogP contribution in [0.1, 0.15) is 64.7 Å². The second-order valence-corrected chi connectivity index (χ2v) is 4.91. The summed E-state index contributed by atoms with van der Waals surface area (Å²) in [5.74, 6) is 1.07. The van der Waals surface area contributed by atoms with Crippen LogP contribution >= 0.6 is 0 Å². The van der Waals surface area contributed by atoms with Gasteiger partial charge in [0.15, 0.2) is 0 Å². The maximum atomic E-state index is 4.03. The van der Waals surface area contributed by atoms with Crippen molar-refractivity contribution in [2.75, 3.05) is 0 Å². The van der Waals surface area contributed by atoms with Gasteiger partial charge in [0.25, 0.3) is 0 Å². The quantitative estimate of drug-likeness (QED) is 0.394. The Labute approximate surface area is 95.5 Å². The van der Waals surface area contributed by atoms with Gasteiger partial charge < -0.3 is 0 Å². The summed E-state index contributed by atoms with van der Waals surface area (Å²) in [7, 11) is 0. The van der Waals surface area contributed by atoms with Crippen LogP contribution < -0.4 is 0 Å². The Hall–Kier alpha value is -0.520. The maximum absolute atomic E-state index is 4.03. The number of unbranched alkanes of at least 4 members (excludes halogenated alkanes) is 2. The molecule has 1 rings (SSSR count). The van der Waals surface area contributed by atoms with Gasteiger partial charge in [0.2, 0.25) is 0 Å². The summed E-state index contributed by atoms with van der Waals surface area (Å²) in [6.07, 6.45) is 17.0. The lowest BCUT2D eigenvalue weighted by Gasteiger charge is -2.07. The van der Waals surface area contributed by atoms with E-state index < -0.39 is 0 Å². The van der Waals surface area contributed by atoms with Crippen LogP contribution in [-0.4, -0.2) is 0 Å². The standard InChI is InChI=1S/C15H26/c1-3-9-14(2)10-5-4-6-11-15-12-7-8-13-15/h3,9,15H,2,4-8,10-13H2,1H3/b9-3-. The molecule has 0 saturated heterocycles. The minimum absolute atomic E-state index is 1.07. The number of allylic oxidation sites excluding steroid dienone is 3. The predicted octanol–water partition coefficient (Wildman–Crippen LogP) is 5.26. The lowest BCUT2D eigenvalue weighted by molar-refractivity contribution is 0.468. The molecular weight excluding hydrogens is 180 g/mol. The van der Waals surface area contributed by atoms with Crippen molar-refractivity contribution in [2.24, 2.45) is 5.92 Å². The highest BCUT2D eigenvalue weighted by atomic mass is 14.2. The summed E-state index contributed by atoms with van der Waals surface area (Å²) >= 11 is 0. The molecule has 0 spiro atoms. The summed E-state index contributed by atoms with van der Waals surface area (Å²) in [6, 6.07) is 0. The molecule has 15 heavy (non-hydrogen) atoms. The minimum Gasteiger partial charge on any atom is -0.0958 e. The summed E-state index contributed by atoms with van der Waals surface area (Å²) in [5.41, 5.74) is 1.29. The summed E-state index contributed by atoms with van der Waals surface area (Å²) in [4.78, 5) is 0. The normalized spacial score (nSPS) is 17.7. The monoisotopic (exact) mass is 206 g/mol. The molecule has 0 N–H and O–H groups in total. The highest BCUT2D eigenvalue weighted by Gasteiger charge is 2.13. The van der Waals surface area contributed by atoms with E-state index in [4.69, 9.17) is 0 Å². The highest BCUT2D eigenvalue weighted by molar-refractivity contribution is 5.12. The first-order valence-electron chi connectivity index (χ1n) is 6.63. The Kier molecular flexibility index (Phi) is 6.47. The third-order valence-electron chi connectivity index (χ3n) is 3.49. The molecule has 0 heteroatoms. The number of rotatable bonds is 7. The molecule has 0 radical (unpaired) electrons. The van der Waals surface area contributed by atoms with Crippen LogP contribution in [0, 0.1) is 5.92 Å². The summed E-state index contributed by atoms with van der Waals surface area (Å²) in [5, 5.41) is 0. The first-order valence-corrected chi connectivity index (χ1v) is 6.63. The van der Waals surface area contributed by atoms with Crippen LogP contribution in [0.25, 0.3) is 0 Å². The lowest BCUT2D eigenvalue weighted by atomic mass is 9.99. The van der Waals surface area contributed by atoms with Crippen molar-refractivity contribution in [3.05, 3.63) is 24.3 Å². The molecule has 1 fully saturated rings. The van der Waals surface area contributed by atoms with Gasteiger partial charge in [-0.25, -0.2) is 0 Å². The molecule has 0 amide bonds. The Balaban J connectivity index is 1.90. The van der Waals surface area contributed by atoms with Gasteiger partial charge in [-0.1, -0.05) is 69.2 Å². The van der Waals surface area contributed by atoms with E-state index in [0.29, 0.717) is 0 Å². The molecule has 0 aliphatic heterocycles. The SMILES string of the molecule is C=C(/C=C\C)CCCCCC1CCCC1. The Morgan fingerprint density at radius 3 is 2.60 bits per heavy atom. The molecule has 0 unspecified atom stereocenters. The summed E-state index contributed by atoms with van der Waals surface area (Å²) in [6.45, 7) is 6.09. The molecule has 0 heterocycles. The second kappa shape index (κ2) is 7.73. The Morgan fingerprint density at radius 2 is 1.93 bits per heavy atom. The summed E-state index contributed by atoms with van der Waals surface area (Å²) < 4.78 is 0. The zero-order valence-corrected chi connectivity index (χ0v) is 10.3. The molecule has 0 atom stereocenters. The van der Waals surface area contributed by atoms with Crippen molar-refractivity contribution in [1.29, 1.82) is 0 Å². The van der Waals surface area contributed by atoms with Crippen LogP contribution in [0.15, 0.2) is 24.3 Å². The van der Waals surface area contributed by atoms with E-state index in [-0.39, 0.29) is 0 Å². The second-order valence-electron chi connectivity index (χ2n) is 4.91. The van der Waals surface area contributed by atoms with E-state index >= 15 is 0 Å². The van der Waals surface area contributed by atoms with Crippen molar-refractivity contribution in [2.45, 2.75) is 64.7 Å². The first kappa shape index (κ1) is 12.5. The van der Waals surface area contributed by atoms with Crippen LogP contribution in [0.5, 0.6) is 0 Å². The van der Waals surface area contributed by atoms with Gasteiger partial charge in [-0.15, -0.1) is 0 Å². The average Bonchev–Trinajstić information content (AvgIpc) is 2.70. The smallest absolute Gasteiger partial charge is 0.0285 e. The molecule has 86 valence electrons. The highest BCUT2D eigenvalue weighted by Crippen LogP contribution is 2.29. The van der Waals surface area contributed by atoms with Crippen molar-refractivity contribution in [3.63, 3.8) is 0 Å². The fraction of sp³-hybridized carbons (Fsp3) is 0.733. The molecule has 1 aliphatic carbocycles. The van der Waals surface area contributed by atoms with Gasteiger partial charge in [-0.05, 0) is 25.7 Å². The lowest BCUT2D eigenvalue weighted by Crippen LogP contribution is -1.92. The van der Waals surface area contributed by atoms with Crippen LogP contribution in [-0.2, 0) is 0 Å². The van der Waals surface area contributed by atoms with E-state index in [1.807, 2.05) is 0 Å². The van der Waals surface area contributed by atoms with Crippen molar-refractivity contribution < 1.29 is 0 Å². The molecular formula is C15H26. The number of hydrogen-bond donors (Lipinski definition) is 0. The zero-order valence-electron chi connectivity index (χ0n) is 10.3. The van der Waals surface area contributed by atoms with E-state index in [1.54, 1.807) is 0 Å². The van der Waals surface area contributed by atoms with Crippen LogP contribution in [0.4, 0.5) is 0 Å². The third kappa shape index (κ3) is 5.81.